The molecule has 62 valence electrons. The maximum Gasteiger partial charge on any atom is 0.152 e. The predicted molar refractivity (Wildman–Crippen MR) is 50.8 cm³/mol. The van der Waals surface area contributed by atoms with E-state index in [-0.39, 0.29) is 5.78 Å². The Kier molecular flexibility index (Phi) is 2.81. The number of rotatable bonds is 2. The molecule has 0 spiro atoms. The Balaban J connectivity index is 2.93. The quantitative estimate of drug-likeness (QED) is 0.608. The monoisotopic (exact) mass is 160 g/mol. The van der Waals surface area contributed by atoms with Gasteiger partial charge in [0.05, 0.1) is 0 Å². The lowest BCUT2D eigenvalue weighted by molar-refractivity contribution is -0.112. The first-order chi connectivity index (χ1) is 5.70. The number of carbonyl (C=O) groups is 1. The minimum Gasteiger partial charge on any atom is -0.295 e. The molecule has 0 amide bonds. The molecular formula is C11H12O. The van der Waals surface area contributed by atoms with E-state index in [0.29, 0.717) is 0 Å². The Morgan fingerprint density at radius 2 is 1.75 bits per heavy atom. The van der Waals surface area contributed by atoms with Gasteiger partial charge in [-0.3, -0.25) is 4.79 Å². The summed E-state index contributed by atoms with van der Waals surface area (Å²) in [6, 6.07) is 9.88. The molecule has 0 N–H and O–H groups in total. The summed E-state index contributed by atoms with van der Waals surface area (Å²) in [5.74, 6) is 0.0938. The van der Waals surface area contributed by atoms with E-state index in [0.717, 1.165) is 11.1 Å². The molecule has 1 aromatic carbocycles. The minimum absolute atomic E-state index is 0.0938. The fourth-order valence-electron chi connectivity index (χ4n) is 1.09. The van der Waals surface area contributed by atoms with E-state index in [1.54, 1.807) is 13.0 Å². The van der Waals surface area contributed by atoms with Crippen molar-refractivity contribution < 1.29 is 4.79 Å². The van der Waals surface area contributed by atoms with Crippen LogP contribution >= 0.6 is 0 Å². The van der Waals surface area contributed by atoms with Gasteiger partial charge in [-0.2, -0.15) is 0 Å². The van der Waals surface area contributed by atoms with Crippen LogP contribution in [-0.2, 0) is 4.79 Å². The third kappa shape index (κ3) is 2.35. The minimum atomic E-state index is 0.0938. The van der Waals surface area contributed by atoms with Gasteiger partial charge in [0.1, 0.15) is 0 Å². The highest BCUT2D eigenvalue weighted by Gasteiger charge is 1.94. The third-order valence-electron chi connectivity index (χ3n) is 1.65. The molecule has 0 aliphatic heterocycles. The second-order valence-electron chi connectivity index (χ2n) is 2.80. The summed E-state index contributed by atoms with van der Waals surface area (Å²) in [6.07, 6.45) is 1.65. The highest BCUT2D eigenvalue weighted by Crippen LogP contribution is 2.11. The van der Waals surface area contributed by atoms with Crippen molar-refractivity contribution in [2.45, 2.75) is 13.8 Å². The largest absolute Gasteiger partial charge is 0.295 e. The van der Waals surface area contributed by atoms with Gasteiger partial charge >= 0.3 is 0 Å². The van der Waals surface area contributed by atoms with Crippen LogP contribution in [0.15, 0.2) is 36.4 Å². The molecule has 1 heteroatoms. The zero-order chi connectivity index (χ0) is 8.97. The first kappa shape index (κ1) is 8.72. The molecule has 0 aliphatic carbocycles. The smallest absolute Gasteiger partial charge is 0.152 e. The van der Waals surface area contributed by atoms with Crippen LogP contribution in [0.1, 0.15) is 19.4 Å². The van der Waals surface area contributed by atoms with Crippen molar-refractivity contribution in [3.05, 3.63) is 42.0 Å². The van der Waals surface area contributed by atoms with E-state index in [9.17, 15) is 4.79 Å². The predicted octanol–water partition coefficient (Wildman–Crippen LogP) is 2.68. The van der Waals surface area contributed by atoms with Crippen molar-refractivity contribution in [3.8, 4) is 0 Å². The molecule has 0 radical (unpaired) electrons. The number of allylic oxidation sites excluding steroid dienone is 2. The van der Waals surface area contributed by atoms with Gasteiger partial charge in [0, 0.05) is 0 Å². The van der Waals surface area contributed by atoms with Gasteiger partial charge in [0.2, 0.25) is 0 Å². The first-order valence-electron chi connectivity index (χ1n) is 3.94. The fraction of sp³-hybridized carbons (Fsp3) is 0.182. The van der Waals surface area contributed by atoms with Gasteiger partial charge in [-0.25, -0.2) is 0 Å². The zero-order valence-corrected chi connectivity index (χ0v) is 7.37. The van der Waals surface area contributed by atoms with E-state index in [1.807, 2.05) is 37.3 Å². The van der Waals surface area contributed by atoms with Crippen molar-refractivity contribution >= 4 is 11.4 Å². The Hall–Kier alpha value is -1.37. The van der Waals surface area contributed by atoms with Crippen LogP contribution in [0.2, 0.25) is 0 Å². The third-order valence-corrected chi connectivity index (χ3v) is 1.65. The van der Waals surface area contributed by atoms with Crippen LogP contribution in [-0.4, -0.2) is 5.78 Å². The van der Waals surface area contributed by atoms with E-state index in [2.05, 4.69) is 0 Å². The summed E-state index contributed by atoms with van der Waals surface area (Å²) in [7, 11) is 0. The van der Waals surface area contributed by atoms with Crippen molar-refractivity contribution in [1.29, 1.82) is 0 Å². The second kappa shape index (κ2) is 3.86. The van der Waals surface area contributed by atoms with Gasteiger partial charge in [-0.15, -0.1) is 0 Å². The molecule has 0 heterocycles. The average molecular weight is 160 g/mol. The van der Waals surface area contributed by atoms with Gasteiger partial charge in [-0.05, 0) is 31.1 Å². The maximum absolute atomic E-state index is 10.8. The van der Waals surface area contributed by atoms with Gasteiger partial charge in [-0.1, -0.05) is 30.3 Å². The molecule has 0 bridgehead atoms. The molecular weight excluding hydrogens is 148 g/mol. The molecule has 12 heavy (non-hydrogen) atoms. The fourth-order valence-corrected chi connectivity index (χ4v) is 1.09. The molecule has 0 aliphatic rings. The zero-order valence-electron chi connectivity index (χ0n) is 7.37. The average Bonchev–Trinajstić information content (AvgIpc) is 2.05. The second-order valence-corrected chi connectivity index (χ2v) is 2.80. The van der Waals surface area contributed by atoms with Crippen LogP contribution in [0.3, 0.4) is 0 Å². The molecule has 1 nitrogen and oxygen atoms in total. The number of hydrogen-bond donors (Lipinski definition) is 0. The molecule has 0 saturated heterocycles. The SMILES string of the molecule is CC(=O)/C=C(/C)c1ccccc1. The lowest BCUT2D eigenvalue weighted by Crippen LogP contribution is -1.85. The summed E-state index contributed by atoms with van der Waals surface area (Å²) < 4.78 is 0. The van der Waals surface area contributed by atoms with Crippen LogP contribution in [0.5, 0.6) is 0 Å². The molecule has 0 fully saturated rings. The van der Waals surface area contributed by atoms with Crippen LogP contribution in [0.25, 0.3) is 5.57 Å². The Labute approximate surface area is 72.7 Å². The normalized spacial score (nSPS) is 11.3. The number of carbonyl (C=O) groups excluding carboxylic acids is 1. The molecule has 0 aromatic heterocycles. The summed E-state index contributed by atoms with van der Waals surface area (Å²) >= 11 is 0. The van der Waals surface area contributed by atoms with Crippen molar-refractivity contribution in [2.75, 3.05) is 0 Å². The van der Waals surface area contributed by atoms with Crippen molar-refractivity contribution in [1.82, 2.24) is 0 Å². The highest BCUT2D eigenvalue weighted by molar-refractivity contribution is 5.94. The van der Waals surface area contributed by atoms with Gasteiger partial charge < -0.3 is 0 Å². The highest BCUT2D eigenvalue weighted by atomic mass is 16.1. The lowest BCUT2D eigenvalue weighted by atomic mass is 10.1. The molecule has 1 rings (SSSR count). The molecule has 0 atom stereocenters. The first-order valence-corrected chi connectivity index (χ1v) is 3.94. The summed E-state index contributed by atoms with van der Waals surface area (Å²) in [5, 5.41) is 0. The maximum atomic E-state index is 10.8. The van der Waals surface area contributed by atoms with Crippen molar-refractivity contribution in [2.24, 2.45) is 0 Å². The Bertz CT molecular complexity index is 296. The number of hydrogen-bond acceptors (Lipinski definition) is 1. The van der Waals surface area contributed by atoms with E-state index >= 15 is 0 Å². The van der Waals surface area contributed by atoms with Crippen molar-refractivity contribution in [3.63, 3.8) is 0 Å². The topological polar surface area (TPSA) is 17.1 Å². The van der Waals surface area contributed by atoms with Gasteiger partial charge in [0.15, 0.2) is 5.78 Å². The Morgan fingerprint density at radius 1 is 1.17 bits per heavy atom. The summed E-state index contributed by atoms with van der Waals surface area (Å²) in [5.41, 5.74) is 2.12. The summed E-state index contributed by atoms with van der Waals surface area (Å²) in [4.78, 5) is 10.8. The molecule has 0 saturated carbocycles. The van der Waals surface area contributed by atoms with E-state index in [1.165, 1.54) is 0 Å². The lowest BCUT2D eigenvalue weighted by Gasteiger charge is -1.98. The van der Waals surface area contributed by atoms with Crippen LogP contribution in [0, 0.1) is 0 Å². The molecule has 0 unspecified atom stereocenters. The number of ketones is 1. The van der Waals surface area contributed by atoms with Gasteiger partial charge in [0.25, 0.3) is 0 Å². The number of benzene rings is 1. The van der Waals surface area contributed by atoms with E-state index in [4.69, 9.17) is 0 Å². The summed E-state index contributed by atoms with van der Waals surface area (Å²) in [6.45, 7) is 3.50. The van der Waals surface area contributed by atoms with E-state index < -0.39 is 0 Å². The van der Waals surface area contributed by atoms with Crippen LogP contribution < -0.4 is 0 Å². The van der Waals surface area contributed by atoms with Crippen LogP contribution in [0.4, 0.5) is 0 Å². The Morgan fingerprint density at radius 3 is 2.25 bits per heavy atom. The standard InChI is InChI=1S/C11H12O/c1-9(8-10(2)12)11-6-4-3-5-7-11/h3-8H,1-2H3/b9-8-. The molecule has 1 aromatic rings.